The highest BCUT2D eigenvalue weighted by molar-refractivity contribution is 7.18. The molecule has 0 atom stereocenters. The van der Waals surface area contributed by atoms with E-state index in [-0.39, 0.29) is 25.5 Å². The van der Waals surface area contributed by atoms with Gasteiger partial charge in [0.15, 0.2) is 0 Å². The Morgan fingerprint density at radius 3 is 2.73 bits per heavy atom. The number of carbonyl (C=O) groups is 2. The molecule has 0 aliphatic carbocycles. The molecule has 3 aromatic rings. The van der Waals surface area contributed by atoms with Crippen molar-refractivity contribution in [3.05, 3.63) is 58.1 Å². The van der Waals surface area contributed by atoms with Crippen molar-refractivity contribution in [2.75, 3.05) is 13.2 Å². The van der Waals surface area contributed by atoms with Gasteiger partial charge in [-0.25, -0.2) is 4.98 Å². The molecule has 0 saturated carbocycles. The van der Waals surface area contributed by atoms with Gasteiger partial charge in [-0.2, -0.15) is 0 Å². The van der Waals surface area contributed by atoms with Crippen LogP contribution in [0.2, 0.25) is 5.02 Å². The Morgan fingerprint density at radius 2 is 1.93 bits per heavy atom. The normalized spacial score (nSPS) is 10.7. The molecule has 0 unspecified atom stereocenters. The molecule has 158 valence electrons. The lowest BCUT2D eigenvalue weighted by molar-refractivity contribution is -0.132. The average Bonchev–Trinajstić information content (AvgIpc) is 3.13. The van der Waals surface area contributed by atoms with Crippen molar-refractivity contribution in [1.82, 2.24) is 15.8 Å². The number of nitrogens with one attached hydrogen (secondary N) is 2. The minimum absolute atomic E-state index is 0.171. The Balaban J connectivity index is 1.27. The summed E-state index contributed by atoms with van der Waals surface area (Å²) in [5.74, 6) is 0.00170. The van der Waals surface area contributed by atoms with Crippen molar-refractivity contribution in [3.63, 3.8) is 0 Å². The topological polar surface area (TPSA) is 89.6 Å². The van der Waals surface area contributed by atoms with Gasteiger partial charge in [0.25, 0.3) is 5.91 Å². The molecule has 9 heteroatoms. The predicted molar refractivity (Wildman–Crippen MR) is 116 cm³/mol. The van der Waals surface area contributed by atoms with Crippen LogP contribution in [0.3, 0.4) is 0 Å². The van der Waals surface area contributed by atoms with Crippen molar-refractivity contribution >= 4 is 45.0 Å². The minimum atomic E-state index is -0.433. The molecule has 0 spiro atoms. The highest BCUT2D eigenvalue weighted by Gasteiger charge is 2.08. The molecule has 0 bridgehead atoms. The van der Waals surface area contributed by atoms with Crippen LogP contribution in [0.5, 0.6) is 5.75 Å². The molecule has 2 N–H and O–H groups in total. The van der Waals surface area contributed by atoms with E-state index < -0.39 is 5.91 Å². The molecule has 0 aliphatic heterocycles. The molecule has 1 aromatic heterocycles. The zero-order chi connectivity index (χ0) is 21.3. The van der Waals surface area contributed by atoms with Crippen LogP contribution in [0.25, 0.3) is 10.2 Å². The van der Waals surface area contributed by atoms with Crippen LogP contribution in [0.15, 0.2) is 42.5 Å². The van der Waals surface area contributed by atoms with Gasteiger partial charge < -0.3 is 9.47 Å². The Hall–Kier alpha value is -2.68. The van der Waals surface area contributed by atoms with E-state index in [2.05, 4.69) is 15.8 Å². The van der Waals surface area contributed by atoms with Crippen molar-refractivity contribution in [3.8, 4) is 5.75 Å². The zero-order valence-electron chi connectivity index (χ0n) is 16.4. The van der Waals surface area contributed by atoms with Gasteiger partial charge in [0, 0.05) is 11.4 Å². The number of benzene rings is 2. The van der Waals surface area contributed by atoms with Gasteiger partial charge in [-0.1, -0.05) is 23.7 Å². The van der Waals surface area contributed by atoms with E-state index in [1.807, 2.05) is 37.3 Å². The second-order valence-corrected chi connectivity index (χ2v) is 8.08. The molecule has 1 heterocycles. The van der Waals surface area contributed by atoms with E-state index in [1.165, 1.54) is 11.3 Å². The van der Waals surface area contributed by atoms with Crippen LogP contribution < -0.4 is 15.6 Å². The average molecular weight is 448 g/mol. The third kappa shape index (κ3) is 6.69. The number of rotatable bonds is 9. The fourth-order valence-electron chi connectivity index (χ4n) is 2.64. The van der Waals surface area contributed by atoms with E-state index >= 15 is 0 Å². The summed E-state index contributed by atoms with van der Waals surface area (Å²) >= 11 is 7.43. The number of fused-ring (bicyclic) bond motifs is 1. The van der Waals surface area contributed by atoms with Gasteiger partial charge in [0.1, 0.15) is 17.4 Å². The highest BCUT2D eigenvalue weighted by Crippen LogP contribution is 2.22. The molecule has 2 aromatic carbocycles. The van der Waals surface area contributed by atoms with Gasteiger partial charge >= 0.3 is 0 Å². The van der Waals surface area contributed by atoms with Crippen LogP contribution in [-0.4, -0.2) is 30.0 Å². The van der Waals surface area contributed by atoms with Crippen LogP contribution in [-0.2, 0) is 20.9 Å². The summed E-state index contributed by atoms with van der Waals surface area (Å²) in [7, 11) is 0. The van der Waals surface area contributed by atoms with Gasteiger partial charge in [-0.05, 0) is 49.2 Å². The van der Waals surface area contributed by atoms with Crippen LogP contribution in [0.4, 0.5) is 0 Å². The number of thiazole rings is 1. The van der Waals surface area contributed by atoms with Crippen molar-refractivity contribution in [2.24, 2.45) is 0 Å². The third-order valence-corrected chi connectivity index (χ3v) is 5.33. The van der Waals surface area contributed by atoms with Crippen LogP contribution in [0.1, 0.15) is 23.4 Å². The van der Waals surface area contributed by atoms with Crippen LogP contribution in [0, 0.1) is 6.92 Å². The first-order chi connectivity index (χ1) is 14.5. The first-order valence-corrected chi connectivity index (χ1v) is 10.6. The molecule has 0 saturated heterocycles. The lowest BCUT2D eigenvalue weighted by Crippen LogP contribution is -2.43. The Kier molecular flexibility index (Phi) is 8.01. The summed E-state index contributed by atoms with van der Waals surface area (Å²) in [5, 5.41) is 1.45. The Morgan fingerprint density at radius 1 is 1.13 bits per heavy atom. The van der Waals surface area contributed by atoms with E-state index in [0.29, 0.717) is 18.1 Å². The smallest absolute Gasteiger partial charge is 0.264 e. The van der Waals surface area contributed by atoms with E-state index in [4.69, 9.17) is 21.1 Å². The fourth-order valence-corrected chi connectivity index (χ4v) is 3.77. The fraction of sp³-hybridized carbons (Fsp3) is 0.286. The number of hydrogen-bond donors (Lipinski definition) is 2. The van der Waals surface area contributed by atoms with Gasteiger partial charge in [-0.3, -0.25) is 20.4 Å². The molecule has 3 rings (SSSR count). The second kappa shape index (κ2) is 10.9. The number of aromatic nitrogens is 1. The Labute approximate surface area is 183 Å². The highest BCUT2D eigenvalue weighted by atomic mass is 35.5. The van der Waals surface area contributed by atoms with E-state index in [0.717, 1.165) is 26.5 Å². The monoisotopic (exact) mass is 447 g/mol. The summed E-state index contributed by atoms with van der Waals surface area (Å²) in [5.41, 5.74) is 6.54. The molecule has 2 amide bonds. The minimum Gasteiger partial charge on any atom is -0.493 e. The number of hydrazine groups is 1. The summed E-state index contributed by atoms with van der Waals surface area (Å²) in [6.07, 6.45) is 0.733. The maximum absolute atomic E-state index is 11.8. The molecule has 30 heavy (non-hydrogen) atoms. The van der Waals surface area contributed by atoms with E-state index in [1.54, 1.807) is 12.1 Å². The number of amides is 2. The molecule has 7 nitrogen and oxygen atoms in total. The summed E-state index contributed by atoms with van der Waals surface area (Å²) in [6, 6.07) is 13.2. The van der Waals surface area contributed by atoms with Crippen LogP contribution >= 0.6 is 22.9 Å². The van der Waals surface area contributed by atoms with Crippen molar-refractivity contribution in [2.45, 2.75) is 26.4 Å². The SMILES string of the molecule is Cc1cc(Cl)ccc1OCCCC(=O)NNC(=O)COCc1nc2ccccc2s1. The van der Waals surface area contributed by atoms with Crippen molar-refractivity contribution in [1.29, 1.82) is 0 Å². The first-order valence-electron chi connectivity index (χ1n) is 9.40. The maximum atomic E-state index is 11.8. The third-order valence-electron chi connectivity index (χ3n) is 4.08. The van der Waals surface area contributed by atoms with Gasteiger partial charge in [-0.15, -0.1) is 11.3 Å². The molecule has 0 aliphatic rings. The number of para-hydroxylation sites is 1. The standard InChI is InChI=1S/C21H22ClN3O4S/c1-14-11-15(22)8-9-17(14)29-10-4-7-19(26)24-25-20(27)12-28-13-21-23-16-5-2-3-6-18(16)30-21/h2-3,5-6,8-9,11H,4,7,10,12-13H2,1H3,(H,24,26)(H,25,27). The largest absolute Gasteiger partial charge is 0.493 e. The van der Waals surface area contributed by atoms with Gasteiger partial charge in [0.2, 0.25) is 5.91 Å². The second-order valence-electron chi connectivity index (χ2n) is 6.53. The number of hydrogen-bond acceptors (Lipinski definition) is 6. The number of nitrogens with zero attached hydrogens (tertiary/aromatic N) is 1. The zero-order valence-corrected chi connectivity index (χ0v) is 18.0. The van der Waals surface area contributed by atoms with E-state index in [9.17, 15) is 9.59 Å². The van der Waals surface area contributed by atoms with Crippen molar-refractivity contribution < 1.29 is 19.1 Å². The summed E-state index contributed by atoms with van der Waals surface area (Å²) in [6.45, 7) is 2.36. The number of carbonyl (C=O) groups excluding carboxylic acids is 2. The Bertz CT molecular complexity index is 991. The molecular formula is C21H22ClN3O4S. The molecule has 0 fully saturated rings. The first kappa shape index (κ1) is 22.0. The number of halogens is 1. The maximum Gasteiger partial charge on any atom is 0.264 e. The number of ether oxygens (including phenoxy) is 2. The molecule has 0 radical (unpaired) electrons. The quantitative estimate of drug-likeness (QED) is 0.385. The predicted octanol–water partition coefficient (Wildman–Crippen LogP) is 3.78. The lowest BCUT2D eigenvalue weighted by atomic mass is 10.2. The summed E-state index contributed by atoms with van der Waals surface area (Å²) in [4.78, 5) is 28.0. The van der Waals surface area contributed by atoms with Gasteiger partial charge in [0.05, 0.1) is 23.4 Å². The number of aryl methyl sites for hydroxylation is 1. The molecular weight excluding hydrogens is 426 g/mol. The lowest BCUT2D eigenvalue weighted by Gasteiger charge is -2.10. The summed E-state index contributed by atoms with van der Waals surface area (Å²) < 4.78 is 12.1.